The standard InChI is InChI=1S/C13H29NO/c1-4-6-7-8-9-10-11-12-13-14(5-2)15-3/h4-13H2,1-3H3. The first-order valence-electron chi connectivity index (χ1n) is 6.64. The molecule has 0 aromatic carbocycles. The van der Waals surface area contributed by atoms with E-state index in [0.29, 0.717) is 0 Å². The highest BCUT2D eigenvalue weighted by atomic mass is 16.7. The third-order valence-electron chi connectivity index (χ3n) is 2.87. The number of nitrogens with zero attached hydrogens (tertiary/aromatic N) is 1. The van der Waals surface area contributed by atoms with Gasteiger partial charge in [-0.25, -0.2) is 0 Å². The molecule has 0 radical (unpaired) electrons. The van der Waals surface area contributed by atoms with Gasteiger partial charge in [-0.2, -0.15) is 5.06 Å². The topological polar surface area (TPSA) is 12.5 Å². The summed E-state index contributed by atoms with van der Waals surface area (Å²) in [6.07, 6.45) is 11.0. The minimum atomic E-state index is 0.993. The Kier molecular flexibility index (Phi) is 11.9. The Morgan fingerprint density at radius 1 is 0.800 bits per heavy atom. The Bertz CT molecular complexity index is 113. The van der Waals surface area contributed by atoms with E-state index in [0.717, 1.165) is 13.1 Å². The highest BCUT2D eigenvalue weighted by Gasteiger charge is 1.98. The Hall–Kier alpha value is -0.0800. The normalized spacial score (nSPS) is 11.2. The van der Waals surface area contributed by atoms with E-state index < -0.39 is 0 Å². The van der Waals surface area contributed by atoms with Crippen LogP contribution in [0.4, 0.5) is 0 Å². The number of unbranched alkanes of at least 4 members (excludes halogenated alkanes) is 7. The molecule has 2 heteroatoms. The van der Waals surface area contributed by atoms with Gasteiger partial charge in [0.1, 0.15) is 0 Å². The van der Waals surface area contributed by atoms with Crippen LogP contribution in [0.1, 0.15) is 65.2 Å². The molecule has 0 aliphatic rings. The zero-order valence-electron chi connectivity index (χ0n) is 10.9. The number of hydroxylamine groups is 2. The average molecular weight is 215 g/mol. The van der Waals surface area contributed by atoms with Gasteiger partial charge in [-0.05, 0) is 6.42 Å². The number of rotatable bonds is 11. The molecule has 0 atom stereocenters. The smallest absolute Gasteiger partial charge is 0.0575 e. The van der Waals surface area contributed by atoms with Gasteiger partial charge in [-0.1, -0.05) is 58.8 Å². The van der Waals surface area contributed by atoms with Crippen LogP contribution in [0.2, 0.25) is 0 Å². The van der Waals surface area contributed by atoms with Crippen LogP contribution in [0.3, 0.4) is 0 Å². The summed E-state index contributed by atoms with van der Waals surface area (Å²) in [6.45, 7) is 6.48. The van der Waals surface area contributed by atoms with Gasteiger partial charge in [0.25, 0.3) is 0 Å². The van der Waals surface area contributed by atoms with Crippen LogP contribution in [0, 0.1) is 0 Å². The van der Waals surface area contributed by atoms with Crippen LogP contribution in [0.15, 0.2) is 0 Å². The molecule has 15 heavy (non-hydrogen) atoms. The molecule has 0 amide bonds. The van der Waals surface area contributed by atoms with Crippen molar-refractivity contribution >= 4 is 0 Å². The third-order valence-corrected chi connectivity index (χ3v) is 2.87. The molecular weight excluding hydrogens is 186 g/mol. The maximum absolute atomic E-state index is 5.19. The van der Waals surface area contributed by atoms with Gasteiger partial charge in [0, 0.05) is 13.1 Å². The van der Waals surface area contributed by atoms with Gasteiger partial charge in [-0.3, -0.25) is 0 Å². The number of hydrogen-bond donors (Lipinski definition) is 0. The Morgan fingerprint density at radius 2 is 1.33 bits per heavy atom. The van der Waals surface area contributed by atoms with Crippen molar-refractivity contribution in [3.63, 3.8) is 0 Å². The minimum Gasteiger partial charge on any atom is -0.302 e. The summed E-state index contributed by atoms with van der Waals surface area (Å²) in [5, 5.41) is 2.02. The summed E-state index contributed by atoms with van der Waals surface area (Å²) in [7, 11) is 1.76. The molecule has 0 unspecified atom stereocenters. The lowest BCUT2D eigenvalue weighted by molar-refractivity contribution is -0.127. The Labute approximate surface area is 95.9 Å². The van der Waals surface area contributed by atoms with Gasteiger partial charge in [0.2, 0.25) is 0 Å². The fourth-order valence-corrected chi connectivity index (χ4v) is 1.80. The van der Waals surface area contributed by atoms with E-state index in [-0.39, 0.29) is 0 Å². The molecule has 0 aromatic rings. The van der Waals surface area contributed by atoms with E-state index in [2.05, 4.69) is 13.8 Å². The lowest BCUT2D eigenvalue weighted by Crippen LogP contribution is -2.22. The zero-order chi connectivity index (χ0) is 11.4. The average Bonchev–Trinajstić information content (AvgIpc) is 2.27. The molecular formula is C13H29NO. The first-order valence-corrected chi connectivity index (χ1v) is 6.64. The largest absolute Gasteiger partial charge is 0.302 e. The van der Waals surface area contributed by atoms with Crippen molar-refractivity contribution in [2.75, 3.05) is 20.2 Å². The van der Waals surface area contributed by atoms with Crippen LogP contribution < -0.4 is 0 Å². The maximum Gasteiger partial charge on any atom is 0.0575 e. The van der Waals surface area contributed by atoms with Crippen molar-refractivity contribution < 1.29 is 4.84 Å². The third kappa shape index (κ3) is 10.2. The lowest BCUT2D eigenvalue weighted by Gasteiger charge is -2.16. The van der Waals surface area contributed by atoms with Crippen molar-refractivity contribution in [1.82, 2.24) is 5.06 Å². The molecule has 0 saturated heterocycles. The Balaban J connectivity index is 3.04. The zero-order valence-corrected chi connectivity index (χ0v) is 10.9. The summed E-state index contributed by atoms with van der Waals surface area (Å²) < 4.78 is 0. The summed E-state index contributed by atoms with van der Waals surface area (Å²) in [5.74, 6) is 0. The summed E-state index contributed by atoms with van der Waals surface area (Å²) in [5.41, 5.74) is 0. The van der Waals surface area contributed by atoms with Gasteiger partial charge in [-0.15, -0.1) is 0 Å². The van der Waals surface area contributed by atoms with Crippen molar-refractivity contribution in [3.05, 3.63) is 0 Å². The predicted octanol–water partition coefficient (Wildman–Crippen LogP) is 4.01. The SMILES string of the molecule is CCCCCCCCCCN(CC)OC. The molecule has 0 spiro atoms. The van der Waals surface area contributed by atoms with Crippen LogP contribution in [0.5, 0.6) is 0 Å². The molecule has 0 aliphatic carbocycles. The predicted molar refractivity (Wildman–Crippen MR) is 66.9 cm³/mol. The second kappa shape index (κ2) is 12.0. The first kappa shape index (κ1) is 14.9. The monoisotopic (exact) mass is 215 g/mol. The minimum absolute atomic E-state index is 0.993. The van der Waals surface area contributed by atoms with Crippen LogP contribution in [-0.2, 0) is 4.84 Å². The van der Waals surface area contributed by atoms with E-state index in [9.17, 15) is 0 Å². The second-order valence-corrected chi connectivity index (χ2v) is 4.18. The lowest BCUT2D eigenvalue weighted by atomic mass is 10.1. The van der Waals surface area contributed by atoms with Gasteiger partial charge < -0.3 is 4.84 Å². The molecule has 0 rings (SSSR count). The molecule has 0 bridgehead atoms. The van der Waals surface area contributed by atoms with Crippen molar-refractivity contribution in [1.29, 1.82) is 0 Å². The molecule has 2 nitrogen and oxygen atoms in total. The molecule has 0 fully saturated rings. The van der Waals surface area contributed by atoms with Crippen LogP contribution in [0.25, 0.3) is 0 Å². The molecule has 0 aliphatic heterocycles. The quantitative estimate of drug-likeness (QED) is 0.381. The summed E-state index contributed by atoms with van der Waals surface area (Å²) in [4.78, 5) is 5.19. The molecule has 0 aromatic heterocycles. The van der Waals surface area contributed by atoms with Gasteiger partial charge in [0.15, 0.2) is 0 Å². The second-order valence-electron chi connectivity index (χ2n) is 4.18. The van der Waals surface area contributed by atoms with Crippen LogP contribution >= 0.6 is 0 Å². The highest BCUT2D eigenvalue weighted by molar-refractivity contribution is 4.48. The van der Waals surface area contributed by atoms with E-state index in [1.165, 1.54) is 51.4 Å². The fourth-order valence-electron chi connectivity index (χ4n) is 1.80. The van der Waals surface area contributed by atoms with E-state index in [1.807, 2.05) is 5.06 Å². The highest BCUT2D eigenvalue weighted by Crippen LogP contribution is 2.08. The number of hydrogen-bond acceptors (Lipinski definition) is 2. The van der Waals surface area contributed by atoms with E-state index in [1.54, 1.807) is 7.11 Å². The Morgan fingerprint density at radius 3 is 1.80 bits per heavy atom. The molecule has 0 heterocycles. The van der Waals surface area contributed by atoms with Crippen molar-refractivity contribution in [2.24, 2.45) is 0 Å². The van der Waals surface area contributed by atoms with Crippen molar-refractivity contribution in [3.8, 4) is 0 Å². The van der Waals surface area contributed by atoms with Gasteiger partial charge in [0.05, 0.1) is 7.11 Å². The maximum atomic E-state index is 5.19. The molecule has 0 N–H and O–H groups in total. The molecule has 92 valence electrons. The first-order chi connectivity index (χ1) is 7.35. The summed E-state index contributed by atoms with van der Waals surface area (Å²) in [6, 6.07) is 0. The summed E-state index contributed by atoms with van der Waals surface area (Å²) >= 11 is 0. The van der Waals surface area contributed by atoms with Crippen LogP contribution in [-0.4, -0.2) is 25.3 Å². The van der Waals surface area contributed by atoms with E-state index in [4.69, 9.17) is 4.84 Å². The van der Waals surface area contributed by atoms with Gasteiger partial charge >= 0.3 is 0 Å². The fraction of sp³-hybridized carbons (Fsp3) is 1.00. The molecule has 0 saturated carbocycles. The van der Waals surface area contributed by atoms with Crippen molar-refractivity contribution in [2.45, 2.75) is 65.2 Å². The van der Waals surface area contributed by atoms with E-state index >= 15 is 0 Å².